The molecule has 0 heterocycles. The number of thioether (sulfide) groups is 2. The van der Waals surface area contributed by atoms with Crippen molar-refractivity contribution in [3.05, 3.63) is 0 Å². The van der Waals surface area contributed by atoms with Crippen molar-refractivity contribution in [1.29, 1.82) is 0 Å². The van der Waals surface area contributed by atoms with Crippen molar-refractivity contribution in [3.8, 4) is 0 Å². The topological polar surface area (TPSA) is 115 Å². The van der Waals surface area contributed by atoms with E-state index in [4.69, 9.17) is 10.2 Å². The predicted octanol–water partition coefficient (Wildman–Crippen LogP) is 2.89. The van der Waals surface area contributed by atoms with Gasteiger partial charge < -0.3 is 10.2 Å². The fourth-order valence-electron chi connectivity index (χ4n) is 3.85. The van der Waals surface area contributed by atoms with Crippen LogP contribution in [0.4, 0.5) is 0 Å². The largest absolute Gasteiger partial charge is 0.480 e. The first-order valence-corrected chi connectivity index (χ1v) is 13.9. The molecular weight excluding hydrogens is 464 g/mol. The van der Waals surface area contributed by atoms with Gasteiger partial charge in [0.2, 0.25) is 0 Å². The van der Waals surface area contributed by atoms with Crippen LogP contribution in [0.15, 0.2) is 0 Å². The first kappa shape index (κ1) is 29.9. The minimum Gasteiger partial charge on any atom is -0.480 e. The van der Waals surface area contributed by atoms with Crippen molar-refractivity contribution in [2.24, 2.45) is 0 Å². The van der Waals surface area contributed by atoms with Gasteiger partial charge in [0, 0.05) is 30.0 Å². The standard InChI is InChI=1S/C23H40N2O6S2/c1-3-4-11-32-20-7-8-21(13-20)33-12-5-6-19(27)15-25(17-23(30)31)10-9-24(14-18(2)26)16-22(28)29/h20-21H,3-17H2,1-2H3,(H,28,29)(H,30,31). The lowest BCUT2D eigenvalue weighted by atomic mass is 10.2. The van der Waals surface area contributed by atoms with Gasteiger partial charge in [-0.3, -0.25) is 29.0 Å². The maximum Gasteiger partial charge on any atom is 0.317 e. The number of nitrogens with zero attached hydrogens (tertiary/aromatic N) is 2. The van der Waals surface area contributed by atoms with Crippen LogP contribution in [0.25, 0.3) is 0 Å². The van der Waals surface area contributed by atoms with Crippen LogP contribution in [0.3, 0.4) is 0 Å². The molecule has 190 valence electrons. The lowest BCUT2D eigenvalue weighted by Gasteiger charge is -2.24. The molecule has 1 fully saturated rings. The first-order chi connectivity index (χ1) is 15.7. The number of hydrogen-bond donors (Lipinski definition) is 2. The summed E-state index contributed by atoms with van der Waals surface area (Å²) in [5.74, 6) is -0.0736. The van der Waals surface area contributed by atoms with E-state index in [1.54, 1.807) is 0 Å². The van der Waals surface area contributed by atoms with E-state index < -0.39 is 11.9 Å². The third-order valence-corrected chi connectivity index (χ3v) is 8.29. The minimum atomic E-state index is -1.05. The minimum absolute atomic E-state index is 0.00683. The fourth-order valence-corrected chi connectivity index (χ4v) is 6.75. The number of carbonyl (C=O) groups excluding carboxylic acids is 2. The summed E-state index contributed by atoms with van der Waals surface area (Å²) in [5.41, 5.74) is 0. The Kier molecular flexibility index (Phi) is 15.7. The van der Waals surface area contributed by atoms with Gasteiger partial charge >= 0.3 is 11.9 Å². The number of rotatable bonds is 20. The van der Waals surface area contributed by atoms with E-state index in [-0.39, 0.29) is 50.8 Å². The van der Waals surface area contributed by atoms with Gasteiger partial charge in [-0.05, 0) is 50.5 Å². The maximum atomic E-state index is 12.4. The smallest absolute Gasteiger partial charge is 0.317 e. The Balaban J connectivity index is 2.33. The van der Waals surface area contributed by atoms with Crippen LogP contribution in [-0.4, -0.2) is 105 Å². The van der Waals surface area contributed by atoms with E-state index in [2.05, 4.69) is 18.7 Å². The predicted molar refractivity (Wildman–Crippen MR) is 134 cm³/mol. The second-order valence-electron chi connectivity index (χ2n) is 8.71. The van der Waals surface area contributed by atoms with Gasteiger partial charge in [-0.1, -0.05) is 13.3 Å². The summed E-state index contributed by atoms with van der Waals surface area (Å²) < 4.78 is 0. The number of ketones is 2. The van der Waals surface area contributed by atoms with Crippen LogP contribution in [0.5, 0.6) is 0 Å². The molecule has 2 N–H and O–H groups in total. The summed E-state index contributed by atoms with van der Waals surface area (Å²) >= 11 is 4.06. The number of hydrogen-bond acceptors (Lipinski definition) is 8. The van der Waals surface area contributed by atoms with Crippen molar-refractivity contribution in [2.45, 2.75) is 69.3 Å². The van der Waals surface area contributed by atoms with Gasteiger partial charge in [0.15, 0.2) is 0 Å². The highest BCUT2D eigenvalue weighted by molar-refractivity contribution is 8.00. The molecule has 33 heavy (non-hydrogen) atoms. The second-order valence-corrected chi connectivity index (χ2v) is 11.5. The number of carbonyl (C=O) groups is 4. The summed E-state index contributed by atoms with van der Waals surface area (Å²) in [6, 6.07) is 0. The Bertz CT molecular complexity index is 618. The molecule has 1 saturated carbocycles. The second kappa shape index (κ2) is 17.4. The van der Waals surface area contributed by atoms with Crippen LogP contribution in [0, 0.1) is 0 Å². The zero-order valence-corrected chi connectivity index (χ0v) is 21.6. The average Bonchev–Trinajstić information content (AvgIpc) is 3.16. The van der Waals surface area contributed by atoms with Gasteiger partial charge in [-0.2, -0.15) is 23.5 Å². The van der Waals surface area contributed by atoms with E-state index in [0.29, 0.717) is 11.7 Å². The lowest BCUT2D eigenvalue weighted by molar-refractivity contribution is -0.141. The molecular formula is C23H40N2O6S2. The molecule has 1 aliphatic carbocycles. The highest BCUT2D eigenvalue weighted by Gasteiger charge is 2.25. The maximum absolute atomic E-state index is 12.4. The van der Waals surface area contributed by atoms with E-state index >= 15 is 0 Å². The molecule has 2 atom stereocenters. The van der Waals surface area contributed by atoms with E-state index in [0.717, 1.165) is 17.4 Å². The van der Waals surface area contributed by atoms with E-state index in [9.17, 15) is 19.2 Å². The molecule has 0 aromatic rings. The zero-order chi connectivity index (χ0) is 24.6. The number of aliphatic carboxylic acids is 2. The number of unbranched alkanes of at least 4 members (excludes halogenated alkanes) is 1. The third kappa shape index (κ3) is 15.4. The Morgan fingerprint density at radius 1 is 0.818 bits per heavy atom. The molecule has 0 aromatic heterocycles. The van der Waals surface area contributed by atoms with Crippen LogP contribution < -0.4 is 0 Å². The normalized spacial score (nSPS) is 18.2. The van der Waals surface area contributed by atoms with Crippen molar-refractivity contribution >= 4 is 47.0 Å². The van der Waals surface area contributed by atoms with Crippen LogP contribution in [-0.2, 0) is 19.2 Å². The summed E-state index contributed by atoms with van der Waals surface area (Å²) in [6.45, 7) is 3.44. The SMILES string of the molecule is CCCCSC1CCC(SCCCC(=O)CN(CCN(CC(C)=O)CC(=O)O)CC(=O)O)C1. The van der Waals surface area contributed by atoms with Gasteiger partial charge in [-0.25, -0.2) is 0 Å². The molecule has 0 radical (unpaired) electrons. The number of Topliss-reactive ketones (excluding diaryl/α,β-unsaturated/α-hetero) is 2. The fraction of sp³-hybridized carbons (Fsp3) is 0.826. The first-order valence-electron chi connectivity index (χ1n) is 11.8. The molecule has 8 nitrogen and oxygen atoms in total. The Morgan fingerprint density at radius 2 is 1.33 bits per heavy atom. The summed E-state index contributed by atoms with van der Waals surface area (Å²) in [6.07, 6.45) is 7.52. The molecule has 0 saturated heterocycles. The Morgan fingerprint density at radius 3 is 1.82 bits per heavy atom. The van der Waals surface area contributed by atoms with Crippen molar-refractivity contribution in [2.75, 3.05) is 50.8 Å². The van der Waals surface area contributed by atoms with Gasteiger partial charge in [0.05, 0.1) is 26.2 Å². The van der Waals surface area contributed by atoms with Gasteiger partial charge in [0.25, 0.3) is 0 Å². The third-order valence-electron chi connectivity index (χ3n) is 5.44. The molecule has 0 amide bonds. The van der Waals surface area contributed by atoms with Crippen LogP contribution in [0.1, 0.15) is 58.8 Å². The summed E-state index contributed by atoms with van der Waals surface area (Å²) in [5, 5.41) is 19.6. The van der Waals surface area contributed by atoms with Crippen molar-refractivity contribution in [1.82, 2.24) is 9.80 Å². The van der Waals surface area contributed by atoms with Gasteiger partial charge in [-0.15, -0.1) is 0 Å². The molecule has 0 aromatic carbocycles. The van der Waals surface area contributed by atoms with Crippen molar-refractivity contribution in [3.63, 3.8) is 0 Å². The molecule has 2 unspecified atom stereocenters. The molecule has 10 heteroatoms. The van der Waals surface area contributed by atoms with E-state index in [1.165, 1.54) is 54.6 Å². The lowest BCUT2D eigenvalue weighted by Crippen LogP contribution is -2.43. The van der Waals surface area contributed by atoms with E-state index in [1.807, 2.05) is 11.8 Å². The summed E-state index contributed by atoms with van der Waals surface area (Å²) in [4.78, 5) is 48.9. The Hall–Kier alpha value is -1.10. The Labute approximate surface area is 206 Å². The average molecular weight is 505 g/mol. The summed E-state index contributed by atoms with van der Waals surface area (Å²) in [7, 11) is 0. The quantitative estimate of drug-likeness (QED) is 0.240. The highest BCUT2D eigenvalue weighted by Crippen LogP contribution is 2.37. The van der Waals surface area contributed by atoms with Crippen LogP contribution >= 0.6 is 23.5 Å². The molecule has 0 spiro atoms. The molecule has 0 aliphatic heterocycles. The zero-order valence-electron chi connectivity index (χ0n) is 20.0. The van der Waals surface area contributed by atoms with Gasteiger partial charge in [0.1, 0.15) is 11.6 Å². The monoisotopic (exact) mass is 504 g/mol. The molecule has 0 bridgehead atoms. The van der Waals surface area contributed by atoms with Crippen LogP contribution in [0.2, 0.25) is 0 Å². The highest BCUT2D eigenvalue weighted by atomic mass is 32.2. The molecule has 1 aliphatic rings. The number of carboxylic acid groups (broad SMARTS) is 2. The number of carboxylic acids is 2. The molecule has 1 rings (SSSR count). The van der Waals surface area contributed by atoms with Crippen molar-refractivity contribution < 1.29 is 29.4 Å².